The minimum Gasteiger partial charge on any atom is -0.444 e. The van der Waals surface area contributed by atoms with Gasteiger partial charge in [-0.15, -0.1) is 0 Å². The third kappa shape index (κ3) is 6.17. The number of ether oxygens (including phenoxy) is 1. The van der Waals surface area contributed by atoms with Crippen LogP contribution in [-0.2, 0) is 4.74 Å². The fourth-order valence-corrected chi connectivity index (χ4v) is 1.81. The molecule has 0 saturated carbocycles. The molecule has 1 amide bonds. The predicted octanol–water partition coefficient (Wildman–Crippen LogP) is 3.57. The predicted molar refractivity (Wildman–Crippen MR) is 85.4 cm³/mol. The number of halogens is 1. The van der Waals surface area contributed by atoms with Gasteiger partial charge in [0.05, 0.1) is 4.92 Å². The van der Waals surface area contributed by atoms with Crippen LogP contribution in [0.15, 0.2) is 18.2 Å². The summed E-state index contributed by atoms with van der Waals surface area (Å²) in [5.41, 5.74) is -0.347. The first-order valence-corrected chi connectivity index (χ1v) is 7.13. The van der Waals surface area contributed by atoms with Gasteiger partial charge in [0.15, 0.2) is 0 Å². The summed E-state index contributed by atoms with van der Waals surface area (Å²) in [6, 6.07) is 4.14. The molecule has 0 bridgehead atoms. The Hall–Kier alpha value is -2.02. The van der Waals surface area contributed by atoms with E-state index in [-0.39, 0.29) is 23.3 Å². The van der Waals surface area contributed by atoms with Gasteiger partial charge >= 0.3 is 6.09 Å². The van der Waals surface area contributed by atoms with Crippen LogP contribution in [0.25, 0.3) is 0 Å². The van der Waals surface area contributed by atoms with E-state index in [0.717, 1.165) is 0 Å². The summed E-state index contributed by atoms with van der Waals surface area (Å²) in [4.78, 5) is 22.0. The highest BCUT2D eigenvalue weighted by molar-refractivity contribution is 6.30. The van der Waals surface area contributed by atoms with Gasteiger partial charge in [-0.05, 0) is 39.8 Å². The normalized spacial score (nSPS) is 12.4. The first-order valence-electron chi connectivity index (χ1n) is 6.76. The second kappa shape index (κ2) is 7.31. The van der Waals surface area contributed by atoms with Crippen molar-refractivity contribution in [2.24, 2.45) is 0 Å². The van der Waals surface area contributed by atoms with Gasteiger partial charge in [-0.1, -0.05) is 11.6 Å². The zero-order chi connectivity index (χ0) is 16.9. The van der Waals surface area contributed by atoms with Gasteiger partial charge in [-0.2, -0.15) is 0 Å². The Balaban J connectivity index is 2.61. The van der Waals surface area contributed by atoms with Gasteiger partial charge in [0.25, 0.3) is 5.69 Å². The van der Waals surface area contributed by atoms with Crippen LogP contribution in [0.2, 0.25) is 5.02 Å². The van der Waals surface area contributed by atoms with Crippen LogP contribution < -0.4 is 10.6 Å². The Morgan fingerprint density at radius 1 is 1.45 bits per heavy atom. The van der Waals surface area contributed by atoms with Crippen LogP contribution >= 0.6 is 11.6 Å². The number of rotatable bonds is 5. The molecule has 1 rings (SSSR count). The largest absolute Gasteiger partial charge is 0.444 e. The number of benzene rings is 1. The molecule has 7 nitrogen and oxygen atoms in total. The fourth-order valence-electron chi connectivity index (χ4n) is 1.64. The molecule has 0 aliphatic rings. The van der Waals surface area contributed by atoms with Crippen LogP contribution in [-0.4, -0.2) is 29.2 Å². The zero-order valence-electron chi connectivity index (χ0n) is 13.0. The first kappa shape index (κ1) is 18.0. The van der Waals surface area contributed by atoms with E-state index in [1.165, 1.54) is 12.1 Å². The number of hydrogen-bond donors (Lipinski definition) is 2. The quantitative estimate of drug-likeness (QED) is 0.636. The Morgan fingerprint density at radius 3 is 2.64 bits per heavy atom. The number of nitrogens with zero attached hydrogens (tertiary/aromatic N) is 1. The molecular weight excluding hydrogens is 310 g/mol. The van der Waals surface area contributed by atoms with Crippen LogP contribution in [0.3, 0.4) is 0 Å². The Labute approximate surface area is 134 Å². The highest BCUT2D eigenvalue weighted by atomic mass is 35.5. The summed E-state index contributed by atoms with van der Waals surface area (Å²) in [6.07, 6.45) is -0.535. The minimum absolute atomic E-state index is 0.114. The SMILES string of the molecule is CC(CNC(=O)OC(C)(C)C)Nc1ccc(Cl)cc1[N+](=O)[O-]. The molecule has 1 atom stereocenters. The number of alkyl carbamates (subject to hydrolysis) is 1. The highest BCUT2D eigenvalue weighted by Gasteiger charge is 2.18. The van der Waals surface area contributed by atoms with Crippen molar-refractivity contribution in [3.8, 4) is 0 Å². The molecule has 0 aromatic heterocycles. The summed E-state index contributed by atoms with van der Waals surface area (Å²) in [5.74, 6) is 0. The van der Waals surface area contributed by atoms with Crippen molar-refractivity contribution in [3.05, 3.63) is 33.3 Å². The third-order valence-corrected chi connectivity index (χ3v) is 2.74. The van der Waals surface area contributed by atoms with Crippen molar-refractivity contribution in [1.82, 2.24) is 5.32 Å². The van der Waals surface area contributed by atoms with Crippen molar-refractivity contribution >= 4 is 29.1 Å². The first-order chi connectivity index (χ1) is 10.1. The summed E-state index contributed by atoms with van der Waals surface area (Å²) in [5, 5.41) is 16.9. The maximum absolute atomic E-state index is 11.5. The summed E-state index contributed by atoms with van der Waals surface area (Å²) in [7, 11) is 0. The molecular formula is C14H20ClN3O4. The van der Waals surface area contributed by atoms with Crippen molar-refractivity contribution in [3.63, 3.8) is 0 Å². The molecule has 2 N–H and O–H groups in total. The van der Waals surface area contributed by atoms with Crippen molar-refractivity contribution in [2.75, 3.05) is 11.9 Å². The average molecular weight is 330 g/mol. The van der Waals surface area contributed by atoms with Gasteiger partial charge in [0, 0.05) is 23.7 Å². The number of carbonyl (C=O) groups excluding carboxylic acids is 1. The van der Waals surface area contributed by atoms with Gasteiger partial charge in [-0.3, -0.25) is 10.1 Å². The second-order valence-corrected chi connectivity index (χ2v) is 6.28. The number of nitrogens with one attached hydrogen (secondary N) is 2. The Bertz CT molecular complexity index is 558. The smallest absolute Gasteiger partial charge is 0.407 e. The molecule has 0 radical (unpaired) electrons. The number of carbonyl (C=O) groups is 1. The minimum atomic E-state index is -0.574. The monoisotopic (exact) mass is 329 g/mol. The lowest BCUT2D eigenvalue weighted by Crippen LogP contribution is -2.38. The van der Waals surface area contributed by atoms with E-state index in [4.69, 9.17) is 16.3 Å². The Kier molecular flexibility index (Phi) is 5.99. The van der Waals surface area contributed by atoms with Crippen molar-refractivity contribution < 1.29 is 14.5 Å². The molecule has 0 aliphatic carbocycles. The standard InChI is InChI=1S/C14H20ClN3O4/c1-9(8-16-13(19)22-14(2,3)4)17-11-6-5-10(15)7-12(11)18(20)21/h5-7,9,17H,8H2,1-4H3,(H,16,19). The van der Waals surface area contributed by atoms with Gasteiger partial charge in [0.2, 0.25) is 0 Å². The lowest BCUT2D eigenvalue weighted by atomic mass is 10.2. The highest BCUT2D eigenvalue weighted by Crippen LogP contribution is 2.28. The summed E-state index contributed by atoms with van der Waals surface area (Å²) < 4.78 is 5.11. The van der Waals surface area contributed by atoms with Crippen LogP contribution in [0.5, 0.6) is 0 Å². The topological polar surface area (TPSA) is 93.5 Å². The molecule has 0 saturated heterocycles. The molecule has 0 aliphatic heterocycles. The third-order valence-electron chi connectivity index (χ3n) is 2.51. The average Bonchev–Trinajstić information content (AvgIpc) is 2.36. The molecule has 8 heteroatoms. The van der Waals surface area contributed by atoms with Gasteiger partial charge < -0.3 is 15.4 Å². The van der Waals surface area contributed by atoms with Crippen molar-refractivity contribution in [2.45, 2.75) is 39.3 Å². The van der Waals surface area contributed by atoms with Gasteiger partial charge in [0.1, 0.15) is 11.3 Å². The number of hydrogen-bond acceptors (Lipinski definition) is 5. The number of amides is 1. The van der Waals surface area contributed by atoms with E-state index in [1.807, 2.05) is 0 Å². The van der Waals surface area contributed by atoms with Crippen molar-refractivity contribution in [1.29, 1.82) is 0 Å². The maximum atomic E-state index is 11.5. The molecule has 0 heterocycles. The second-order valence-electron chi connectivity index (χ2n) is 5.85. The van der Waals surface area contributed by atoms with E-state index >= 15 is 0 Å². The van der Waals surface area contributed by atoms with Crippen LogP contribution in [0, 0.1) is 10.1 Å². The van der Waals surface area contributed by atoms with Gasteiger partial charge in [-0.25, -0.2) is 4.79 Å². The van der Waals surface area contributed by atoms with Crippen LogP contribution in [0.1, 0.15) is 27.7 Å². The molecule has 22 heavy (non-hydrogen) atoms. The molecule has 0 fully saturated rings. The molecule has 1 aromatic rings. The number of nitro groups is 1. The zero-order valence-corrected chi connectivity index (χ0v) is 13.7. The van der Waals surface area contributed by atoms with E-state index in [2.05, 4.69) is 10.6 Å². The number of nitro benzene ring substituents is 1. The van der Waals surface area contributed by atoms with E-state index < -0.39 is 16.6 Å². The molecule has 1 unspecified atom stereocenters. The lowest BCUT2D eigenvalue weighted by molar-refractivity contribution is -0.384. The Morgan fingerprint density at radius 2 is 2.09 bits per heavy atom. The fraction of sp³-hybridized carbons (Fsp3) is 0.500. The molecule has 122 valence electrons. The van der Waals surface area contributed by atoms with Crippen LogP contribution in [0.4, 0.5) is 16.2 Å². The molecule has 1 aromatic carbocycles. The number of anilines is 1. The molecule has 0 spiro atoms. The summed E-state index contributed by atoms with van der Waals surface area (Å²) >= 11 is 5.76. The lowest BCUT2D eigenvalue weighted by Gasteiger charge is -2.21. The van der Waals surface area contributed by atoms with E-state index in [9.17, 15) is 14.9 Å². The summed E-state index contributed by atoms with van der Waals surface area (Å²) in [6.45, 7) is 7.35. The van der Waals surface area contributed by atoms with E-state index in [1.54, 1.807) is 33.8 Å². The van der Waals surface area contributed by atoms with E-state index in [0.29, 0.717) is 5.69 Å². The maximum Gasteiger partial charge on any atom is 0.407 e.